The third-order valence-electron chi connectivity index (χ3n) is 7.12. The number of imidazole rings is 1. The zero-order chi connectivity index (χ0) is 25.0. The highest BCUT2D eigenvalue weighted by Gasteiger charge is 2.51. The lowest BCUT2D eigenvalue weighted by molar-refractivity contribution is 0.00578. The molecule has 0 amide bonds. The van der Waals surface area contributed by atoms with E-state index < -0.39 is 26.4 Å². The Bertz CT molecular complexity index is 1320. The fourth-order valence-corrected chi connectivity index (χ4v) is 4.95. The van der Waals surface area contributed by atoms with Crippen molar-refractivity contribution < 1.29 is 14.0 Å². The van der Waals surface area contributed by atoms with E-state index in [4.69, 9.17) is 24.1 Å². The molecule has 3 heterocycles. The number of H-pyrrole nitrogens is 1. The van der Waals surface area contributed by atoms with Crippen LogP contribution in [-0.4, -0.2) is 52.7 Å². The van der Waals surface area contributed by atoms with Crippen LogP contribution in [0.15, 0.2) is 42.5 Å². The van der Waals surface area contributed by atoms with E-state index in [9.17, 15) is 0 Å². The molecule has 2 aromatic heterocycles. The summed E-state index contributed by atoms with van der Waals surface area (Å²) >= 11 is 0. The lowest BCUT2D eigenvalue weighted by Crippen LogP contribution is -2.41. The van der Waals surface area contributed by atoms with Gasteiger partial charge < -0.3 is 19.0 Å². The third-order valence-corrected chi connectivity index (χ3v) is 8.83. The molecular weight excluding hydrogens is 455 g/mol. The Morgan fingerprint density at radius 3 is 2.43 bits per heavy atom. The minimum atomic E-state index is -1.16. The summed E-state index contributed by atoms with van der Waals surface area (Å²) in [6.07, 6.45) is 0. The van der Waals surface area contributed by atoms with Crippen molar-refractivity contribution in [2.24, 2.45) is 0 Å². The molecule has 2 aromatic carbocycles. The number of ether oxygens (including phenoxy) is 1. The highest BCUT2D eigenvalue weighted by molar-refractivity contribution is 6.76. The number of hydrogen-bond acceptors (Lipinski definition) is 5. The molecule has 0 bridgehead atoms. The molecule has 5 rings (SSSR count). The molecule has 1 fully saturated rings. The second-order valence-electron chi connectivity index (χ2n) is 11.7. The van der Waals surface area contributed by atoms with Gasteiger partial charge >= 0.3 is 7.12 Å². The molecule has 7 nitrogen and oxygen atoms in total. The Kier molecular flexibility index (Phi) is 5.95. The van der Waals surface area contributed by atoms with Crippen LogP contribution in [0.3, 0.4) is 0 Å². The summed E-state index contributed by atoms with van der Waals surface area (Å²) in [6.45, 7) is 16.5. The number of fused-ring (bicyclic) bond motifs is 2. The van der Waals surface area contributed by atoms with Gasteiger partial charge in [-0.3, -0.25) is 0 Å². The molecule has 1 saturated heterocycles. The Balaban J connectivity index is 1.53. The number of rotatable bonds is 7. The van der Waals surface area contributed by atoms with Crippen molar-refractivity contribution in [3.05, 3.63) is 42.5 Å². The molecule has 35 heavy (non-hydrogen) atoms. The van der Waals surface area contributed by atoms with E-state index in [1.54, 1.807) is 0 Å². The van der Waals surface area contributed by atoms with Gasteiger partial charge in [-0.2, -0.15) is 5.10 Å². The van der Waals surface area contributed by atoms with Crippen molar-refractivity contribution >= 4 is 42.6 Å². The van der Waals surface area contributed by atoms with Crippen LogP contribution in [0.1, 0.15) is 27.7 Å². The number of aromatic nitrogens is 4. The van der Waals surface area contributed by atoms with Crippen LogP contribution >= 0.6 is 0 Å². The molecule has 0 saturated carbocycles. The number of hydrogen-bond donors (Lipinski definition) is 1. The van der Waals surface area contributed by atoms with Gasteiger partial charge in [-0.25, -0.2) is 9.67 Å². The lowest BCUT2D eigenvalue weighted by atomic mass is 9.78. The average Bonchev–Trinajstić information content (AvgIpc) is 3.41. The van der Waals surface area contributed by atoms with Crippen LogP contribution in [0.25, 0.3) is 33.5 Å². The van der Waals surface area contributed by atoms with Crippen molar-refractivity contribution in [2.45, 2.75) is 71.3 Å². The molecular formula is C26H35BN4O3Si. The quantitative estimate of drug-likeness (QED) is 0.285. The summed E-state index contributed by atoms with van der Waals surface area (Å²) < 4.78 is 20.6. The third kappa shape index (κ3) is 4.70. The summed E-state index contributed by atoms with van der Waals surface area (Å²) in [6, 6.07) is 15.4. The SMILES string of the molecule is CC1(C)OB(c2ccc3c(c2)c(-c2nc4ccccc4[nH]2)nn3COCC[Si](C)(C)C)OC1(C)C. The number of aromatic amines is 1. The van der Waals surface area contributed by atoms with Crippen molar-refractivity contribution in [3.8, 4) is 11.5 Å². The van der Waals surface area contributed by atoms with Crippen LogP contribution in [0.5, 0.6) is 0 Å². The summed E-state index contributed by atoms with van der Waals surface area (Å²) in [7, 11) is -1.60. The maximum Gasteiger partial charge on any atom is 0.494 e. The van der Waals surface area contributed by atoms with Gasteiger partial charge in [0.2, 0.25) is 0 Å². The van der Waals surface area contributed by atoms with Gasteiger partial charge in [0.1, 0.15) is 12.4 Å². The zero-order valence-corrected chi connectivity index (χ0v) is 22.8. The number of nitrogens with zero attached hydrogens (tertiary/aromatic N) is 3. The Morgan fingerprint density at radius 1 is 1.03 bits per heavy atom. The van der Waals surface area contributed by atoms with Gasteiger partial charge in [-0.15, -0.1) is 0 Å². The molecule has 0 spiro atoms. The smallest absolute Gasteiger partial charge is 0.399 e. The molecule has 0 aliphatic carbocycles. The topological polar surface area (TPSA) is 74.2 Å². The molecule has 1 N–H and O–H groups in total. The van der Waals surface area contributed by atoms with Crippen LogP contribution < -0.4 is 5.46 Å². The molecule has 0 radical (unpaired) electrons. The van der Waals surface area contributed by atoms with E-state index in [1.165, 1.54) is 0 Å². The minimum Gasteiger partial charge on any atom is -0.399 e. The molecule has 0 atom stereocenters. The van der Waals surface area contributed by atoms with Gasteiger partial charge in [-0.05, 0) is 57.4 Å². The van der Waals surface area contributed by atoms with Crippen molar-refractivity contribution in [1.82, 2.24) is 19.7 Å². The van der Waals surface area contributed by atoms with Crippen molar-refractivity contribution in [1.29, 1.82) is 0 Å². The van der Waals surface area contributed by atoms with E-state index in [0.29, 0.717) is 6.73 Å². The first-order valence-corrected chi connectivity index (χ1v) is 16.0. The van der Waals surface area contributed by atoms with E-state index in [2.05, 4.69) is 70.5 Å². The standard InChI is InChI=1S/C26H35BN4O3Si/c1-25(2)26(3,4)34-27(33-25)18-12-13-22-19(16-18)23(24-28-20-10-8-9-11-21(20)29-24)30-31(22)17-32-14-15-35(5,6)7/h8-13,16H,14-15,17H2,1-7H3,(H,28,29). The number of nitrogens with one attached hydrogen (secondary N) is 1. The van der Waals surface area contributed by atoms with Crippen molar-refractivity contribution in [2.75, 3.05) is 6.61 Å². The van der Waals surface area contributed by atoms with E-state index >= 15 is 0 Å². The first kappa shape index (κ1) is 24.2. The Hall–Kier alpha value is -2.46. The van der Waals surface area contributed by atoms with E-state index in [1.807, 2.05) is 28.9 Å². The van der Waals surface area contributed by atoms with E-state index in [-0.39, 0.29) is 0 Å². The molecule has 0 unspecified atom stereocenters. The van der Waals surface area contributed by atoms with Gasteiger partial charge in [0.05, 0.1) is 27.8 Å². The first-order chi connectivity index (χ1) is 16.4. The zero-order valence-electron chi connectivity index (χ0n) is 21.8. The highest BCUT2D eigenvalue weighted by Crippen LogP contribution is 2.37. The van der Waals surface area contributed by atoms with Crippen LogP contribution in [-0.2, 0) is 20.8 Å². The van der Waals surface area contributed by atoms with Crippen LogP contribution in [0, 0.1) is 0 Å². The highest BCUT2D eigenvalue weighted by atomic mass is 28.3. The molecule has 1 aliphatic rings. The predicted octanol–water partition coefficient (Wildman–Crippen LogP) is 5.19. The van der Waals surface area contributed by atoms with Crippen LogP contribution in [0.4, 0.5) is 0 Å². The summed E-state index contributed by atoms with van der Waals surface area (Å²) in [5, 5.41) is 5.93. The Morgan fingerprint density at radius 2 is 1.74 bits per heavy atom. The van der Waals surface area contributed by atoms with E-state index in [0.717, 1.165) is 51.6 Å². The average molecular weight is 490 g/mol. The minimum absolute atomic E-state index is 0.400. The monoisotopic (exact) mass is 490 g/mol. The fourth-order valence-electron chi connectivity index (χ4n) is 4.19. The van der Waals surface area contributed by atoms with Crippen molar-refractivity contribution in [3.63, 3.8) is 0 Å². The van der Waals surface area contributed by atoms with Gasteiger partial charge in [0, 0.05) is 20.1 Å². The predicted molar refractivity (Wildman–Crippen MR) is 145 cm³/mol. The normalized spacial score (nSPS) is 17.6. The maximum absolute atomic E-state index is 6.32. The Labute approximate surface area is 208 Å². The molecule has 9 heteroatoms. The summed E-state index contributed by atoms with van der Waals surface area (Å²) in [5.74, 6) is 0.739. The largest absolute Gasteiger partial charge is 0.494 e. The lowest BCUT2D eigenvalue weighted by Gasteiger charge is -2.32. The maximum atomic E-state index is 6.32. The second kappa shape index (κ2) is 8.59. The van der Waals surface area contributed by atoms with Gasteiger partial charge in [0.15, 0.2) is 5.82 Å². The van der Waals surface area contributed by atoms with Gasteiger partial charge in [0.25, 0.3) is 0 Å². The molecule has 4 aromatic rings. The second-order valence-corrected chi connectivity index (χ2v) is 17.3. The molecule has 184 valence electrons. The first-order valence-electron chi connectivity index (χ1n) is 12.3. The fraction of sp³-hybridized carbons (Fsp3) is 0.462. The summed E-state index contributed by atoms with van der Waals surface area (Å²) in [4.78, 5) is 8.25. The number of para-hydroxylation sites is 2. The summed E-state index contributed by atoms with van der Waals surface area (Å²) in [5.41, 5.74) is 3.85. The number of benzene rings is 2. The molecule has 1 aliphatic heterocycles. The van der Waals surface area contributed by atoms with Crippen LogP contribution in [0.2, 0.25) is 25.7 Å². The van der Waals surface area contributed by atoms with Gasteiger partial charge in [-0.1, -0.05) is 43.9 Å².